The van der Waals surface area contributed by atoms with Crippen LogP contribution in [0, 0.1) is 0 Å². The van der Waals surface area contributed by atoms with Gasteiger partial charge in [-0.05, 0) is 17.5 Å². The van der Waals surface area contributed by atoms with E-state index in [1.54, 1.807) is 0 Å². The van der Waals surface area contributed by atoms with Crippen LogP contribution in [-0.2, 0) is 6.42 Å². The Balaban J connectivity index is 2.13. The Morgan fingerprint density at radius 1 is 0.875 bits per heavy atom. The minimum Gasteiger partial charge on any atom is -0.271 e. The van der Waals surface area contributed by atoms with Crippen LogP contribution < -0.4 is 11.3 Å². The van der Waals surface area contributed by atoms with Crippen LogP contribution in [0.2, 0.25) is 0 Å². The summed E-state index contributed by atoms with van der Waals surface area (Å²) in [4.78, 5) is 0. The molecule has 0 amide bonds. The van der Waals surface area contributed by atoms with Crippen LogP contribution in [0.15, 0.2) is 60.7 Å². The zero-order chi connectivity index (χ0) is 11.2. The van der Waals surface area contributed by atoms with Gasteiger partial charge in [-0.25, -0.2) is 0 Å². The van der Waals surface area contributed by atoms with Gasteiger partial charge in [0.15, 0.2) is 0 Å². The Kier molecular flexibility index (Phi) is 3.70. The second kappa shape index (κ2) is 5.45. The molecule has 0 saturated carbocycles. The van der Waals surface area contributed by atoms with Crippen LogP contribution >= 0.6 is 0 Å². The summed E-state index contributed by atoms with van der Waals surface area (Å²) in [6.45, 7) is 0. The van der Waals surface area contributed by atoms with Crippen molar-refractivity contribution in [1.29, 1.82) is 0 Å². The van der Waals surface area contributed by atoms with Gasteiger partial charge in [-0.15, -0.1) is 0 Å². The van der Waals surface area contributed by atoms with Crippen LogP contribution in [-0.4, -0.2) is 0 Å². The Hall–Kier alpha value is -1.64. The maximum absolute atomic E-state index is 5.60. The van der Waals surface area contributed by atoms with E-state index in [1.165, 1.54) is 11.1 Å². The number of nitrogens with two attached hydrogens (primary N) is 1. The maximum atomic E-state index is 5.60. The van der Waals surface area contributed by atoms with Gasteiger partial charge in [0, 0.05) is 6.04 Å². The smallest absolute Gasteiger partial charge is 0.0500 e. The summed E-state index contributed by atoms with van der Waals surface area (Å²) in [7, 11) is 0. The van der Waals surface area contributed by atoms with Crippen molar-refractivity contribution in [3.8, 4) is 0 Å². The number of benzene rings is 2. The van der Waals surface area contributed by atoms with Crippen molar-refractivity contribution in [2.45, 2.75) is 12.5 Å². The van der Waals surface area contributed by atoms with Gasteiger partial charge in [0.05, 0.1) is 0 Å². The third-order valence-electron chi connectivity index (χ3n) is 2.69. The summed E-state index contributed by atoms with van der Waals surface area (Å²) in [5.41, 5.74) is 5.37. The normalized spacial score (nSPS) is 12.3. The van der Waals surface area contributed by atoms with Crippen molar-refractivity contribution in [2.24, 2.45) is 5.84 Å². The zero-order valence-corrected chi connectivity index (χ0v) is 9.14. The predicted molar refractivity (Wildman–Crippen MR) is 66.7 cm³/mol. The first kappa shape index (κ1) is 10.9. The summed E-state index contributed by atoms with van der Waals surface area (Å²) < 4.78 is 0. The van der Waals surface area contributed by atoms with Gasteiger partial charge in [0.2, 0.25) is 0 Å². The highest BCUT2D eigenvalue weighted by molar-refractivity contribution is 5.23. The average molecular weight is 212 g/mol. The van der Waals surface area contributed by atoms with Crippen LogP contribution in [0.5, 0.6) is 0 Å². The molecule has 2 rings (SSSR count). The van der Waals surface area contributed by atoms with Gasteiger partial charge < -0.3 is 0 Å². The van der Waals surface area contributed by atoms with Crippen LogP contribution in [0.25, 0.3) is 0 Å². The highest BCUT2D eigenvalue weighted by Crippen LogP contribution is 2.16. The van der Waals surface area contributed by atoms with Crippen LogP contribution in [0.4, 0.5) is 0 Å². The van der Waals surface area contributed by atoms with Crippen molar-refractivity contribution >= 4 is 0 Å². The lowest BCUT2D eigenvalue weighted by Crippen LogP contribution is -2.29. The Bertz CT molecular complexity index is 411. The fourth-order valence-electron chi connectivity index (χ4n) is 1.81. The molecule has 2 aromatic carbocycles. The topological polar surface area (TPSA) is 38.0 Å². The monoisotopic (exact) mass is 212 g/mol. The number of hydrogen-bond acceptors (Lipinski definition) is 2. The Morgan fingerprint density at radius 2 is 1.44 bits per heavy atom. The minimum atomic E-state index is 0.170. The Labute approximate surface area is 96.1 Å². The minimum absolute atomic E-state index is 0.170. The molecule has 0 aliphatic heterocycles. The van der Waals surface area contributed by atoms with Crippen molar-refractivity contribution in [3.63, 3.8) is 0 Å². The molecule has 0 aliphatic carbocycles. The van der Waals surface area contributed by atoms with E-state index < -0.39 is 0 Å². The van der Waals surface area contributed by atoms with E-state index in [9.17, 15) is 0 Å². The van der Waals surface area contributed by atoms with Crippen molar-refractivity contribution < 1.29 is 0 Å². The first-order valence-corrected chi connectivity index (χ1v) is 5.45. The molecule has 0 saturated heterocycles. The molecule has 82 valence electrons. The summed E-state index contributed by atoms with van der Waals surface area (Å²) in [6.07, 6.45) is 0.904. The summed E-state index contributed by atoms with van der Waals surface area (Å²) in [5.74, 6) is 5.60. The van der Waals surface area contributed by atoms with Gasteiger partial charge >= 0.3 is 0 Å². The maximum Gasteiger partial charge on any atom is 0.0500 e. The molecular weight excluding hydrogens is 196 g/mol. The number of hydrazine groups is 1. The molecule has 0 fully saturated rings. The highest BCUT2D eigenvalue weighted by atomic mass is 15.2. The zero-order valence-electron chi connectivity index (χ0n) is 9.14. The molecule has 2 heteroatoms. The predicted octanol–water partition coefficient (Wildman–Crippen LogP) is 2.43. The fraction of sp³-hybridized carbons (Fsp3) is 0.143. The number of nitrogens with one attached hydrogen (secondary N) is 1. The first-order valence-electron chi connectivity index (χ1n) is 5.45. The van der Waals surface area contributed by atoms with E-state index in [-0.39, 0.29) is 6.04 Å². The second-order valence-corrected chi connectivity index (χ2v) is 3.82. The number of hydrogen-bond donors (Lipinski definition) is 2. The molecular formula is C14H16N2. The van der Waals surface area contributed by atoms with E-state index in [1.807, 2.05) is 36.4 Å². The summed E-state index contributed by atoms with van der Waals surface area (Å²) in [6, 6.07) is 20.8. The van der Waals surface area contributed by atoms with Crippen LogP contribution in [0.1, 0.15) is 17.2 Å². The van der Waals surface area contributed by atoms with Crippen LogP contribution in [0.3, 0.4) is 0 Å². The lowest BCUT2D eigenvalue weighted by atomic mass is 10.00. The molecule has 0 aliphatic rings. The van der Waals surface area contributed by atoms with E-state index in [2.05, 4.69) is 29.7 Å². The van der Waals surface area contributed by atoms with Crippen molar-refractivity contribution in [1.82, 2.24) is 5.43 Å². The van der Waals surface area contributed by atoms with E-state index in [4.69, 9.17) is 5.84 Å². The van der Waals surface area contributed by atoms with Gasteiger partial charge in [-0.1, -0.05) is 60.7 Å². The molecule has 0 spiro atoms. The number of rotatable bonds is 4. The standard InChI is InChI=1S/C14H16N2/c15-16-14(13-9-5-2-6-10-13)11-12-7-3-1-4-8-12/h1-10,14,16H,11,15H2/t14-/m0/s1. The van der Waals surface area contributed by atoms with Gasteiger partial charge in [-0.3, -0.25) is 11.3 Å². The molecule has 16 heavy (non-hydrogen) atoms. The van der Waals surface area contributed by atoms with Gasteiger partial charge in [0.25, 0.3) is 0 Å². The fourth-order valence-corrected chi connectivity index (χ4v) is 1.81. The first-order chi connectivity index (χ1) is 7.90. The lowest BCUT2D eigenvalue weighted by Gasteiger charge is -2.16. The average Bonchev–Trinajstić information content (AvgIpc) is 2.38. The Morgan fingerprint density at radius 3 is 2.00 bits per heavy atom. The summed E-state index contributed by atoms with van der Waals surface area (Å²) >= 11 is 0. The molecule has 0 radical (unpaired) electrons. The molecule has 0 bridgehead atoms. The third kappa shape index (κ3) is 2.69. The molecule has 0 unspecified atom stereocenters. The molecule has 0 aromatic heterocycles. The molecule has 1 atom stereocenters. The van der Waals surface area contributed by atoms with E-state index >= 15 is 0 Å². The molecule has 3 N–H and O–H groups in total. The molecule has 2 aromatic rings. The second-order valence-electron chi connectivity index (χ2n) is 3.82. The van der Waals surface area contributed by atoms with Gasteiger partial charge in [-0.2, -0.15) is 0 Å². The SMILES string of the molecule is NN[C@@H](Cc1ccccc1)c1ccccc1. The molecule has 2 nitrogen and oxygen atoms in total. The quantitative estimate of drug-likeness (QED) is 0.603. The highest BCUT2D eigenvalue weighted by Gasteiger charge is 2.09. The summed E-state index contributed by atoms with van der Waals surface area (Å²) in [5, 5.41) is 0. The van der Waals surface area contributed by atoms with E-state index in [0.29, 0.717) is 0 Å². The van der Waals surface area contributed by atoms with Crippen molar-refractivity contribution in [2.75, 3.05) is 0 Å². The van der Waals surface area contributed by atoms with Gasteiger partial charge in [0.1, 0.15) is 0 Å². The molecule has 0 heterocycles. The van der Waals surface area contributed by atoms with Crippen molar-refractivity contribution in [3.05, 3.63) is 71.8 Å². The largest absolute Gasteiger partial charge is 0.271 e. The third-order valence-corrected chi connectivity index (χ3v) is 2.69. The van der Waals surface area contributed by atoms with E-state index in [0.717, 1.165) is 6.42 Å². The lowest BCUT2D eigenvalue weighted by molar-refractivity contribution is 0.552.